The number of rotatable bonds is 3. The lowest BCUT2D eigenvalue weighted by Gasteiger charge is -2.36. The van der Waals surface area contributed by atoms with Gasteiger partial charge in [-0.1, -0.05) is 12.8 Å². The van der Waals surface area contributed by atoms with Gasteiger partial charge in [0.1, 0.15) is 0 Å². The summed E-state index contributed by atoms with van der Waals surface area (Å²) >= 11 is 0. The number of hydrogen-bond acceptors (Lipinski definition) is 3. The van der Waals surface area contributed by atoms with Gasteiger partial charge in [0.15, 0.2) is 0 Å². The van der Waals surface area contributed by atoms with Crippen LogP contribution in [0.1, 0.15) is 38.5 Å². The van der Waals surface area contributed by atoms with E-state index in [0.29, 0.717) is 38.8 Å². The molecule has 2 fully saturated rings. The van der Waals surface area contributed by atoms with Crippen LogP contribution in [0.15, 0.2) is 0 Å². The first-order valence-electron chi connectivity index (χ1n) is 7.31. The van der Waals surface area contributed by atoms with Crippen molar-refractivity contribution in [2.45, 2.75) is 38.5 Å². The lowest BCUT2D eigenvalue weighted by Crippen LogP contribution is -2.47. The fourth-order valence-electron chi connectivity index (χ4n) is 3.34. The van der Waals surface area contributed by atoms with Gasteiger partial charge in [0.2, 0.25) is 11.8 Å². The lowest BCUT2D eigenvalue weighted by atomic mass is 9.78. The highest BCUT2D eigenvalue weighted by atomic mass is 16.4. The van der Waals surface area contributed by atoms with Crippen molar-refractivity contribution in [3.63, 3.8) is 0 Å². The summed E-state index contributed by atoms with van der Waals surface area (Å²) in [5.74, 6) is -2.33. The van der Waals surface area contributed by atoms with Crippen LogP contribution in [0.3, 0.4) is 0 Å². The van der Waals surface area contributed by atoms with Crippen molar-refractivity contribution in [3.05, 3.63) is 0 Å². The van der Waals surface area contributed by atoms with Gasteiger partial charge in [-0.05, 0) is 25.7 Å². The molecule has 20 heavy (non-hydrogen) atoms. The van der Waals surface area contributed by atoms with Gasteiger partial charge in [-0.2, -0.15) is 0 Å². The largest absolute Gasteiger partial charge is 0.481 e. The summed E-state index contributed by atoms with van der Waals surface area (Å²) in [6.07, 6.45) is 4.22. The van der Waals surface area contributed by atoms with E-state index in [1.807, 2.05) is 0 Å². The molecule has 1 aliphatic heterocycles. The Morgan fingerprint density at radius 1 is 0.950 bits per heavy atom. The van der Waals surface area contributed by atoms with Crippen molar-refractivity contribution in [1.29, 1.82) is 0 Å². The summed E-state index contributed by atoms with van der Waals surface area (Å²) in [5.41, 5.74) is 5.27. The van der Waals surface area contributed by atoms with Crippen LogP contribution in [0, 0.1) is 17.8 Å². The summed E-state index contributed by atoms with van der Waals surface area (Å²) < 4.78 is 0. The van der Waals surface area contributed by atoms with E-state index in [-0.39, 0.29) is 17.7 Å². The zero-order valence-corrected chi connectivity index (χ0v) is 11.6. The highest BCUT2D eigenvalue weighted by Gasteiger charge is 2.38. The van der Waals surface area contributed by atoms with Gasteiger partial charge in [0, 0.05) is 19.0 Å². The Kier molecular flexibility index (Phi) is 4.62. The zero-order chi connectivity index (χ0) is 14.7. The average Bonchev–Trinajstić information content (AvgIpc) is 2.46. The number of likely N-dealkylation sites (tertiary alicyclic amines) is 1. The monoisotopic (exact) mass is 282 g/mol. The molecule has 0 aromatic heterocycles. The third-order valence-electron chi connectivity index (χ3n) is 4.61. The lowest BCUT2D eigenvalue weighted by molar-refractivity contribution is -0.153. The third-order valence-corrected chi connectivity index (χ3v) is 4.61. The van der Waals surface area contributed by atoms with Crippen molar-refractivity contribution in [2.75, 3.05) is 13.1 Å². The maximum absolute atomic E-state index is 12.5. The van der Waals surface area contributed by atoms with E-state index in [0.717, 1.165) is 12.8 Å². The second kappa shape index (κ2) is 6.24. The Labute approximate surface area is 118 Å². The van der Waals surface area contributed by atoms with Gasteiger partial charge < -0.3 is 15.7 Å². The number of nitrogens with zero attached hydrogens (tertiary/aromatic N) is 1. The van der Waals surface area contributed by atoms with Crippen molar-refractivity contribution < 1.29 is 19.5 Å². The summed E-state index contributed by atoms with van der Waals surface area (Å²) in [4.78, 5) is 36.6. The number of carbonyl (C=O) groups is 3. The quantitative estimate of drug-likeness (QED) is 0.791. The molecule has 0 aromatic rings. The van der Waals surface area contributed by atoms with E-state index in [9.17, 15) is 19.5 Å². The van der Waals surface area contributed by atoms with E-state index in [1.54, 1.807) is 4.90 Å². The first-order chi connectivity index (χ1) is 9.50. The molecule has 2 aliphatic rings. The Hall–Kier alpha value is -1.59. The van der Waals surface area contributed by atoms with Crippen molar-refractivity contribution in [3.8, 4) is 0 Å². The number of hydrogen-bond donors (Lipinski definition) is 2. The van der Waals surface area contributed by atoms with Gasteiger partial charge in [-0.15, -0.1) is 0 Å². The molecule has 6 nitrogen and oxygen atoms in total. The Morgan fingerprint density at radius 2 is 1.50 bits per heavy atom. The van der Waals surface area contributed by atoms with Crippen LogP contribution >= 0.6 is 0 Å². The number of carbonyl (C=O) groups excluding carboxylic acids is 2. The predicted octanol–water partition coefficient (Wildman–Crippen LogP) is 0.601. The number of amides is 2. The van der Waals surface area contributed by atoms with Crippen LogP contribution in [0.5, 0.6) is 0 Å². The van der Waals surface area contributed by atoms with E-state index < -0.39 is 17.8 Å². The minimum absolute atomic E-state index is 0.0555. The molecule has 1 saturated heterocycles. The highest BCUT2D eigenvalue weighted by molar-refractivity contribution is 5.85. The topological polar surface area (TPSA) is 101 Å². The van der Waals surface area contributed by atoms with Crippen molar-refractivity contribution >= 4 is 17.8 Å². The molecule has 2 rings (SSSR count). The van der Waals surface area contributed by atoms with E-state index in [4.69, 9.17) is 5.73 Å². The third kappa shape index (κ3) is 3.11. The molecule has 0 radical (unpaired) electrons. The molecule has 1 saturated carbocycles. The number of carboxylic acids is 1. The van der Waals surface area contributed by atoms with Crippen LogP contribution in [-0.2, 0) is 14.4 Å². The average molecular weight is 282 g/mol. The van der Waals surface area contributed by atoms with Crippen LogP contribution in [-0.4, -0.2) is 40.9 Å². The number of piperidine rings is 1. The molecule has 2 atom stereocenters. The predicted molar refractivity (Wildman–Crippen MR) is 71.6 cm³/mol. The summed E-state index contributed by atoms with van der Waals surface area (Å²) in [6.45, 7) is 1.02. The molecule has 1 heterocycles. The van der Waals surface area contributed by atoms with Crippen molar-refractivity contribution in [2.24, 2.45) is 23.5 Å². The smallest absolute Gasteiger partial charge is 0.307 e. The molecule has 0 aromatic carbocycles. The molecule has 2 amide bonds. The fraction of sp³-hybridized carbons (Fsp3) is 0.786. The first-order valence-corrected chi connectivity index (χ1v) is 7.31. The SMILES string of the molecule is NC(=O)C1CCN(C(=O)[C@@H]2CCCC[C@@H]2C(=O)O)CC1. The van der Waals surface area contributed by atoms with Gasteiger partial charge in [-0.25, -0.2) is 0 Å². The van der Waals surface area contributed by atoms with Crippen LogP contribution in [0.4, 0.5) is 0 Å². The van der Waals surface area contributed by atoms with E-state index >= 15 is 0 Å². The zero-order valence-electron chi connectivity index (χ0n) is 11.6. The minimum Gasteiger partial charge on any atom is -0.481 e. The van der Waals surface area contributed by atoms with Crippen LogP contribution in [0.25, 0.3) is 0 Å². The maximum atomic E-state index is 12.5. The molecule has 112 valence electrons. The highest BCUT2D eigenvalue weighted by Crippen LogP contribution is 2.32. The number of aliphatic carboxylic acids is 1. The maximum Gasteiger partial charge on any atom is 0.307 e. The van der Waals surface area contributed by atoms with Gasteiger partial charge in [0.05, 0.1) is 11.8 Å². The molecule has 0 spiro atoms. The summed E-state index contributed by atoms with van der Waals surface area (Å²) in [5, 5.41) is 9.24. The number of primary amides is 1. The Bertz CT molecular complexity index is 402. The fourth-order valence-corrected chi connectivity index (χ4v) is 3.34. The minimum atomic E-state index is -0.866. The Morgan fingerprint density at radius 3 is 2.00 bits per heavy atom. The molecule has 3 N–H and O–H groups in total. The van der Waals surface area contributed by atoms with Crippen molar-refractivity contribution in [1.82, 2.24) is 4.90 Å². The van der Waals surface area contributed by atoms with Gasteiger partial charge in [0.25, 0.3) is 0 Å². The number of carboxylic acid groups (broad SMARTS) is 1. The molecule has 0 bridgehead atoms. The van der Waals surface area contributed by atoms with E-state index in [2.05, 4.69) is 0 Å². The molecule has 6 heteroatoms. The summed E-state index contributed by atoms with van der Waals surface area (Å²) in [6, 6.07) is 0. The van der Waals surface area contributed by atoms with E-state index in [1.165, 1.54) is 0 Å². The van der Waals surface area contributed by atoms with Gasteiger partial charge in [-0.3, -0.25) is 14.4 Å². The van der Waals surface area contributed by atoms with Gasteiger partial charge >= 0.3 is 5.97 Å². The second-order valence-corrected chi connectivity index (χ2v) is 5.84. The molecule has 1 aliphatic carbocycles. The summed E-state index contributed by atoms with van der Waals surface area (Å²) in [7, 11) is 0. The second-order valence-electron chi connectivity index (χ2n) is 5.84. The van der Waals surface area contributed by atoms with Crippen LogP contribution in [0.2, 0.25) is 0 Å². The molecule has 0 unspecified atom stereocenters. The standard InChI is InChI=1S/C14H22N2O4/c15-12(17)9-5-7-16(8-6-9)13(18)10-3-1-2-4-11(10)14(19)20/h9-11H,1-8H2,(H2,15,17)(H,19,20)/t10-,11+/m1/s1. The molecular weight excluding hydrogens is 260 g/mol. The normalized spacial score (nSPS) is 28.1. The molecular formula is C14H22N2O4. The first kappa shape index (κ1) is 14.8. The van der Waals surface area contributed by atoms with Crippen LogP contribution < -0.4 is 5.73 Å². The Balaban J connectivity index is 1.97. The number of nitrogens with two attached hydrogens (primary N) is 1.